The van der Waals surface area contributed by atoms with Gasteiger partial charge in [-0.05, 0) is 50.7 Å². The zero-order chi connectivity index (χ0) is 14.2. The van der Waals surface area contributed by atoms with Crippen molar-refractivity contribution >= 4 is 11.9 Å². The average Bonchev–Trinajstić information content (AvgIpc) is 2.71. The highest BCUT2D eigenvalue weighted by Gasteiger charge is 2.41. The van der Waals surface area contributed by atoms with Gasteiger partial charge in [-0.3, -0.25) is 9.59 Å². The highest BCUT2D eigenvalue weighted by Crippen LogP contribution is 2.36. The molecule has 2 N–H and O–H groups in total. The second-order valence-electron chi connectivity index (χ2n) is 6.04. The molecule has 2 saturated carbocycles. The number of carboxylic acids is 1. The number of carboxylic acid groups (broad SMARTS) is 1. The smallest absolute Gasteiger partial charge is 0.305 e. The second kappa shape index (κ2) is 4.96. The van der Waals surface area contributed by atoms with Gasteiger partial charge in [0.15, 0.2) is 0 Å². The highest BCUT2D eigenvalue weighted by molar-refractivity contribution is 5.93. The molecule has 0 saturated heterocycles. The molecule has 1 amide bonds. The Morgan fingerprint density at radius 1 is 1.35 bits per heavy atom. The largest absolute Gasteiger partial charge is 0.481 e. The van der Waals surface area contributed by atoms with Crippen LogP contribution in [0.1, 0.15) is 61.5 Å². The van der Waals surface area contributed by atoms with Crippen LogP contribution in [0.5, 0.6) is 0 Å². The van der Waals surface area contributed by atoms with Gasteiger partial charge in [0.2, 0.25) is 0 Å². The molecule has 108 valence electrons. The van der Waals surface area contributed by atoms with Crippen molar-refractivity contribution in [2.45, 2.75) is 56.5 Å². The van der Waals surface area contributed by atoms with Crippen molar-refractivity contribution in [3.8, 4) is 0 Å². The number of carbonyl (C=O) groups is 2. The van der Waals surface area contributed by atoms with Gasteiger partial charge < -0.3 is 15.0 Å². The molecule has 0 aromatic carbocycles. The molecule has 0 bridgehead atoms. The normalized spacial score (nSPS) is 20.8. The third-order valence-electron chi connectivity index (χ3n) is 4.66. The lowest BCUT2D eigenvalue weighted by atomic mass is 9.74. The zero-order valence-electron chi connectivity index (χ0n) is 11.5. The first-order valence-electron chi connectivity index (χ1n) is 7.31. The highest BCUT2D eigenvalue weighted by atomic mass is 16.4. The third kappa shape index (κ3) is 2.32. The Hall–Kier alpha value is -1.78. The summed E-state index contributed by atoms with van der Waals surface area (Å²) >= 11 is 0. The van der Waals surface area contributed by atoms with Gasteiger partial charge >= 0.3 is 5.97 Å². The summed E-state index contributed by atoms with van der Waals surface area (Å²) in [6, 6.07) is 4.14. The lowest BCUT2D eigenvalue weighted by Crippen LogP contribution is -2.55. The molecule has 2 fully saturated rings. The Morgan fingerprint density at radius 3 is 2.60 bits per heavy atom. The van der Waals surface area contributed by atoms with Crippen molar-refractivity contribution in [2.24, 2.45) is 0 Å². The summed E-state index contributed by atoms with van der Waals surface area (Å²) in [5.41, 5.74) is 0.129. The maximum atomic E-state index is 12.4. The molecule has 5 heteroatoms. The van der Waals surface area contributed by atoms with Crippen LogP contribution in [0.3, 0.4) is 0 Å². The maximum absolute atomic E-state index is 12.4. The summed E-state index contributed by atoms with van der Waals surface area (Å²) in [5, 5.41) is 12.0. The summed E-state index contributed by atoms with van der Waals surface area (Å²) in [7, 11) is 0. The number of nitrogens with one attached hydrogen (secondary N) is 1. The maximum Gasteiger partial charge on any atom is 0.305 e. The van der Waals surface area contributed by atoms with E-state index in [1.807, 2.05) is 22.9 Å². The Balaban J connectivity index is 1.72. The number of amides is 1. The van der Waals surface area contributed by atoms with Gasteiger partial charge in [0.05, 0.1) is 12.0 Å². The number of rotatable bonds is 5. The fourth-order valence-corrected chi connectivity index (χ4v) is 3.11. The van der Waals surface area contributed by atoms with Gasteiger partial charge in [-0.1, -0.05) is 0 Å². The summed E-state index contributed by atoms with van der Waals surface area (Å²) in [6.07, 6.45) is 7.92. The molecular weight excluding hydrogens is 256 g/mol. The van der Waals surface area contributed by atoms with E-state index in [1.165, 1.54) is 6.42 Å². The summed E-state index contributed by atoms with van der Waals surface area (Å²) in [6.45, 7) is 0. The molecule has 0 spiro atoms. The third-order valence-corrected chi connectivity index (χ3v) is 4.66. The van der Waals surface area contributed by atoms with Crippen molar-refractivity contribution in [3.63, 3.8) is 0 Å². The fourth-order valence-electron chi connectivity index (χ4n) is 3.11. The minimum absolute atomic E-state index is 0.0167. The van der Waals surface area contributed by atoms with Gasteiger partial charge in [-0.25, -0.2) is 0 Å². The van der Waals surface area contributed by atoms with Gasteiger partial charge in [0.25, 0.3) is 5.91 Å². The van der Waals surface area contributed by atoms with Gasteiger partial charge in [0.1, 0.15) is 5.69 Å². The van der Waals surface area contributed by atoms with Crippen LogP contribution in [0.25, 0.3) is 0 Å². The van der Waals surface area contributed by atoms with E-state index in [4.69, 9.17) is 5.11 Å². The van der Waals surface area contributed by atoms with E-state index in [0.717, 1.165) is 32.1 Å². The van der Waals surface area contributed by atoms with Crippen molar-refractivity contribution < 1.29 is 14.7 Å². The van der Waals surface area contributed by atoms with Crippen molar-refractivity contribution in [2.75, 3.05) is 0 Å². The Morgan fingerprint density at radius 2 is 2.10 bits per heavy atom. The van der Waals surface area contributed by atoms with Crippen LogP contribution in [0.4, 0.5) is 0 Å². The van der Waals surface area contributed by atoms with E-state index in [1.54, 1.807) is 0 Å². The first kappa shape index (κ1) is 13.2. The molecule has 2 aliphatic rings. The Labute approximate surface area is 118 Å². The lowest BCUT2D eigenvalue weighted by Gasteiger charge is -2.41. The number of hydrogen-bond acceptors (Lipinski definition) is 2. The quantitative estimate of drug-likeness (QED) is 0.867. The van der Waals surface area contributed by atoms with Crippen LogP contribution < -0.4 is 5.32 Å². The Kier molecular flexibility index (Phi) is 3.28. The van der Waals surface area contributed by atoms with Crippen LogP contribution in [0.15, 0.2) is 18.3 Å². The molecule has 1 aromatic heterocycles. The number of carbonyl (C=O) groups excluding carboxylic acids is 1. The summed E-state index contributed by atoms with van der Waals surface area (Å²) in [5.74, 6) is -0.984. The van der Waals surface area contributed by atoms with E-state index in [-0.39, 0.29) is 12.3 Å². The number of hydrogen-bond donors (Lipinski definition) is 2. The summed E-state index contributed by atoms with van der Waals surface area (Å²) < 4.78 is 2.03. The average molecular weight is 276 g/mol. The number of nitrogens with zero attached hydrogens (tertiary/aromatic N) is 1. The summed E-state index contributed by atoms with van der Waals surface area (Å²) in [4.78, 5) is 23.4. The molecule has 1 heterocycles. The minimum atomic E-state index is -0.848. The first-order valence-corrected chi connectivity index (χ1v) is 7.31. The van der Waals surface area contributed by atoms with E-state index in [2.05, 4.69) is 5.32 Å². The molecule has 2 aliphatic carbocycles. The van der Waals surface area contributed by atoms with E-state index < -0.39 is 11.5 Å². The van der Waals surface area contributed by atoms with Crippen molar-refractivity contribution in [1.82, 2.24) is 9.88 Å². The molecule has 0 atom stereocenters. The van der Waals surface area contributed by atoms with Gasteiger partial charge in [-0.15, -0.1) is 0 Å². The molecule has 0 unspecified atom stereocenters. The standard InChI is InChI=1S/C15H20N2O3/c18-13(19)10-15(7-3-8-15)16-14(20)12-6-2-9-17(12)11-4-1-5-11/h2,6,9,11H,1,3-5,7-8,10H2,(H,16,20)(H,18,19). The van der Waals surface area contributed by atoms with Crippen LogP contribution in [0, 0.1) is 0 Å². The van der Waals surface area contributed by atoms with Crippen LogP contribution >= 0.6 is 0 Å². The molecule has 20 heavy (non-hydrogen) atoms. The van der Waals surface area contributed by atoms with Gasteiger partial charge in [0, 0.05) is 12.2 Å². The topological polar surface area (TPSA) is 71.3 Å². The predicted molar refractivity (Wildman–Crippen MR) is 73.6 cm³/mol. The SMILES string of the molecule is O=C(O)CC1(NC(=O)c2cccn2C2CCC2)CCC1. The molecule has 1 aromatic rings. The Bertz CT molecular complexity index is 527. The van der Waals surface area contributed by atoms with E-state index in [9.17, 15) is 9.59 Å². The monoisotopic (exact) mass is 276 g/mol. The predicted octanol–water partition coefficient (Wildman–Crippen LogP) is 2.34. The lowest BCUT2D eigenvalue weighted by molar-refractivity contribution is -0.139. The molecule has 5 nitrogen and oxygen atoms in total. The van der Waals surface area contributed by atoms with E-state index >= 15 is 0 Å². The van der Waals surface area contributed by atoms with Crippen LogP contribution in [0.2, 0.25) is 0 Å². The second-order valence-corrected chi connectivity index (χ2v) is 6.04. The molecule has 0 aliphatic heterocycles. The van der Waals surface area contributed by atoms with Crippen LogP contribution in [-0.2, 0) is 4.79 Å². The first-order chi connectivity index (χ1) is 9.60. The number of aromatic nitrogens is 1. The molecule has 0 radical (unpaired) electrons. The van der Waals surface area contributed by atoms with Gasteiger partial charge in [-0.2, -0.15) is 0 Å². The zero-order valence-corrected chi connectivity index (χ0v) is 11.5. The minimum Gasteiger partial charge on any atom is -0.481 e. The molecular formula is C15H20N2O3. The van der Waals surface area contributed by atoms with Crippen molar-refractivity contribution in [1.29, 1.82) is 0 Å². The van der Waals surface area contributed by atoms with Crippen LogP contribution in [-0.4, -0.2) is 27.1 Å². The molecule has 3 rings (SSSR count). The van der Waals surface area contributed by atoms with E-state index in [0.29, 0.717) is 11.7 Å². The van der Waals surface area contributed by atoms with Crippen molar-refractivity contribution in [3.05, 3.63) is 24.0 Å². The fraction of sp³-hybridized carbons (Fsp3) is 0.600. The number of aliphatic carboxylic acids is 1.